The number of pyridine rings is 1. The van der Waals surface area contributed by atoms with Crippen LogP contribution in [0.3, 0.4) is 0 Å². The number of non-ortho nitro benzene ring substituents is 1. The number of hydrogen-bond donors (Lipinski definition) is 1. The largest absolute Gasteiger partial charge is 0.351 e. The number of nitro groups is 1. The van der Waals surface area contributed by atoms with Crippen LogP contribution in [-0.2, 0) is 0 Å². The van der Waals surface area contributed by atoms with Crippen LogP contribution < -0.4 is 10.2 Å². The number of anilines is 1. The highest BCUT2D eigenvalue weighted by Crippen LogP contribution is 2.42. The standard InChI is InChI=1S/C25H21N5O2S/c1-17-6-4-7-20(16-17)29-24(23(27-25(29)33)21-8-2-3-14-26-21)22-9-5-15-28(22)18-10-12-19(13-11-18)30(31)32/h2-16,23-24H,1H3,(H,27,33)/t23-,24+/m1/s1. The van der Waals surface area contributed by atoms with Crippen molar-refractivity contribution in [3.63, 3.8) is 0 Å². The van der Waals surface area contributed by atoms with E-state index in [9.17, 15) is 10.1 Å². The van der Waals surface area contributed by atoms with Crippen molar-refractivity contribution in [3.8, 4) is 5.69 Å². The minimum atomic E-state index is -0.393. The summed E-state index contributed by atoms with van der Waals surface area (Å²) in [6.07, 6.45) is 3.74. The highest BCUT2D eigenvalue weighted by atomic mass is 32.1. The summed E-state index contributed by atoms with van der Waals surface area (Å²) in [5.74, 6) is 0. The fourth-order valence-electron chi connectivity index (χ4n) is 4.32. The Morgan fingerprint density at radius 2 is 1.82 bits per heavy atom. The predicted octanol–water partition coefficient (Wildman–Crippen LogP) is 5.27. The zero-order valence-electron chi connectivity index (χ0n) is 17.8. The van der Waals surface area contributed by atoms with Crippen molar-refractivity contribution in [2.45, 2.75) is 19.0 Å². The smallest absolute Gasteiger partial charge is 0.269 e. The van der Waals surface area contributed by atoms with Gasteiger partial charge >= 0.3 is 0 Å². The van der Waals surface area contributed by atoms with Crippen molar-refractivity contribution < 1.29 is 4.92 Å². The Balaban J connectivity index is 1.64. The second-order valence-corrected chi connectivity index (χ2v) is 8.30. The molecule has 2 aromatic heterocycles. The van der Waals surface area contributed by atoms with Gasteiger partial charge in [0.15, 0.2) is 5.11 Å². The van der Waals surface area contributed by atoms with Crippen LogP contribution in [0.2, 0.25) is 0 Å². The summed E-state index contributed by atoms with van der Waals surface area (Å²) < 4.78 is 2.04. The van der Waals surface area contributed by atoms with E-state index in [-0.39, 0.29) is 17.8 Å². The van der Waals surface area contributed by atoms with Gasteiger partial charge in [0.2, 0.25) is 0 Å². The van der Waals surface area contributed by atoms with Crippen molar-refractivity contribution in [2.24, 2.45) is 0 Å². The van der Waals surface area contributed by atoms with Crippen LogP contribution in [-0.4, -0.2) is 19.6 Å². The van der Waals surface area contributed by atoms with Gasteiger partial charge in [0, 0.05) is 41.6 Å². The predicted molar refractivity (Wildman–Crippen MR) is 132 cm³/mol. The molecule has 1 N–H and O–H groups in total. The highest BCUT2D eigenvalue weighted by Gasteiger charge is 2.42. The van der Waals surface area contributed by atoms with E-state index in [1.807, 2.05) is 47.2 Å². The Kier molecular flexibility index (Phi) is 5.35. The Hall–Kier alpha value is -4.04. The van der Waals surface area contributed by atoms with Gasteiger partial charge < -0.3 is 14.8 Å². The third kappa shape index (κ3) is 3.85. The molecule has 164 valence electrons. The number of aryl methyl sites for hydroxylation is 1. The lowest BCUT2D eigenvalue weighted by Gasteiger charge is -2.29. The molecule has 0 radical (unpaired) electrons. The SMILES string of the molecule is Cc1cccc(N2C(=S)N[C@H](c3ccccn3)[C@@H]2c2cccn2-c2ccc([N+](=O)[O-])cc2)c1. The molecule has 4 aromatic rings. The molecule has 0 saturated carbocycles. The minimum Gasteiger partial charge on any atom is -0.351 e. The van der Waals surface area contributed by atoms with Gasteiger partial charge in [-0.1, -0.05) is 18.2 Å². The number of nitro benzene ring substituents is 1. The van der Waals surface area contributed by atoms with Crippen molar-refractivity contribution >= 4 is 28.7 Å². The second-order valence-electron chi connectivity index (χ2n) is 7.91. The first-order valence-corrected chi connectivity index (χ1v) is 10.9. The molecule has 2 aromatic carbocycles. The van der Waals surface area contributed by atoms with Crippen molar-refractivity contribution in [1.29, 1.82) is 0 Å². The number of aromatic nitrogens is 2. The number of nitrogens with one attached hydrogen (secondary N) is 1. The van der Waals surface area contributed by atoms with Gasteiger partial charge in [-0.25, -0.2) is 0 Å². The van der Waals surface area contributed by atoms with Crippen molar-refractivity contribution in [3.05, 3.63) is 118 Å². The molecule has 0 aliphatic carbocycles. The lowest BCUT2D eigenvalue weighted by Crippen LogP contribution is -2.30. The van der Waals surface area contributed by atoms with Gasteiger partial charge in [-0.05, 0) is 73.2 Å². The van der Waals surface area contributed by atoms with Gasteiger partial charge in [-0.2, -0.15) is 0 Å². The van der Waals surface area contributed by atoms with E-state index in [0.717, 1.165) is 28.3 Å². The number of benzene rings is 2. The first kappa shape index (κ1) is 20.8. The van der Waals surface area contributed by atoms with Gasteiger partial charge in [0.05, 0.1) is 16.7 Å². The molecule has 0 unspecified atom stereocenters. The summed E-state index contributed by atoms with van der Waals surface area (Å²) >= 11 is 5.80. The summed E-state index contributed by atoms with van der Waals surface area (Å²) in [6, 6.07) is 24.3. The first-order chi connectivity index (χ1) is 16.0. The molecule has 1 fully saturated rings. The van der Waals surface area contributed by atoms with Crippen LogP contribution in [0.5, 0.6) is 0 Å². The summed E-state index contributed by atoms with van der Waals surface area (Å²) in [5.41, 5.74) is 4.91. The van der Waals surface area contributed by atoms with E-state index in [0.29, 0.717) is 5.11 Å². The monoisotopic (exact) mass is 455 g/mol. The molecule has 3 heterocycles. The average Bonchev–Trinajstić information content (AvgIpc) is 3.44. The maximum absolute atomic E-state index is 11.1. The Morgan fingerprint density at radius 3 is 2.52 bits per heavy atom. The van der Waals surface area contributed by atoms with E-state index in [4.69, 9.17) is 12.2 Å². The molecular formula is C25H21N5O2S. The molecule has 1 aliphatic heterocycles. The lowest BCUT2D eigenvalue weighted by molar-refractivity contribution is -0.384. The number of hydrogen-bond acceptors (Lipinski definition) is 4. The minimum absolute atomic E-state index is 0.0592. The molecule has 7 nitrogen and oxygen atoms in total. The van der Waals surface area contributed by atoms with Gasteiger partial charge in [0.1, 0.15) is 6.04 Å². The maximum Gasteiger partial charge on any atom is 0.269 e. The third-order valence-electron chi connectivity index (χ3n) is 5.80. The molecule has 2 atom stereocenters. The Labute approximate surface area is 196 Å². The quantitative estimate of drug-likeness (QED) is 0.251. The fourth-order valence-corrected chi connectivity index (χ4v) is 4.66. The molecule has 33 heavy (non-hydrogen) atoms. The van der Waals surface area contributed by atoms with Crippen molar-refractivity contribution in [1.82, 2.24) is 14.9 Å². The molecule has 8 heteroatoms. The zero-order chi connectivity index (χ0) is 22.9. The molecule has 1 saturated heterocycles. The number of thiocarbonyl (C=S) groups is 1. The second kappa shape index (κ2) is 8.48. The van der Waals surface area contributed by atoms with Crippen LogP contribution in [0.15, 0.2) is 91.3 Å². The van der Waals surface area contributed by atoms with Crippen LogP contribution in [0.25, 0.3) is 5.69 Å². The van der Waals surface area contributed by atoms with E-state index < -0.39 is 4.92 Å². The van der Waals surface area contributed by atoms with E-state index in [2.05, 4.69) is 40.3 Å². The number of nitrogens with zero attached hydrogens (tertiary/aromatic N) is 4. The van der Waals surface area contributed by atoms with Crippen LogP contribution in [0.4, 0.5) is 11.4 Å². The van der Waals surface area contributed by atoms with Crippen LogP contribution in [0.1, 0.15) is 29.0 Å². The molecular weight excluding hydrogens is 434 g/mol. The summed E-state index contributed by atoms with van der Waals surface area (Å²) in [5, 5.41) is 15.2. The Bertz CT molecular complexity index is 1320. The molecule has 0 amide bonds. The molecule has 0 spiro atoms. The maximum atomic E-state index is 11.1. The van der Waals surface area contributed by atoms with E-state index in [1.165, 1.54) is 12.1 Å². The molecule has 5 rings (SSSR count). The van der Waals surface area contributed by atoms with Gasteiger partial charge in [0.25, 0.3) is 5.69 Å². The van der Waals surface area contributed by atoms with Gasteiger partial charge in [-0.3, -0.25) is 15.1 Å². The van der Waals surface area contributed by atoms with E-state index in [1.54, 1.807) is 18.3 Å². The van der Waals surface area contributed by atoms with Crippen molar-refractivity contribution in [2.75, 3.05) is 4.90 Å². The molecule has 1 aliphatic rings. The first-order valence-electron chi connectivity index (χ1n) is 10.5. The normalized spacial score (nSPS) is 17.7. The van der Waals surface area contributed by atoms with Gasteiger partial charge in [-0.15, -0.1) is 0 Å². The van der Waals surface area contributed by atoms with E-state index >= 15 is 0 Å². The average molecular weight is 456 g/mol. The zero-order valence-corrected chi connectivity index (χ0v) is 18.6. The molecule has 0 bridgehead atoms. The third-order valence-corrected chi connectivity index (χ3v) is 6.11. The topological polar surface area (TPSA) is 76.2 Å². The Morgan fingerprint density at radius 1 is 1.00 bits per heavy atom. The lowest BCUT2D eigenvalue weighted by atomic mass is 10.0. The van der Waals surface area contributed by atoms with Crippen LogP contribution in [0, 0.1) is 17.0 Å². The summed E-state index contributed by atoms with van der Waals surface area (Å²) in [6.45, 7) is 2.06. The summed E-state index contributed by atoms with van der Waals surface area (Å²) in [4.78, 5) is 17.4. The summed E-state index contributed by atoms with van der Waals surface area (Å²) in [7, 11) is 0. The number of rotatable bonds is 5. The fraction of sp³-hybridized carbons (Fsp3) is 0.120. The highest BCUT2D eigenvalue weighted by molar-refractivity contribution is 7.80. The van der Waals surface area contributed by atoms with Crippen LogP contribution >= 0.6 is 12.2 Å².